The molecule has 0 bridgehead atoms. The Balaban J connectivity index is 2.13. The Labute approximate surface area is 128 Å². The summed E-state index contributed by atoms with van der Waals surface area (Å²) in [5.41, 5.74) is 4.66. The van der Waals surface area contributed by atoms with Gasteiger partial charge in [0.2, 0.25) is 5.91 Å². The van der Waals surface area contributed by atoms with E-state index in [0.29, 0.717) is 12.8 Å². The summed E-state index contributed by atoms with van der Waals surface area (Å²) in [6.07, 6.45) is 3.08. The normalized spacial score (nSPS) is 19.0. The Hall–Kier alpha value is -1.95. The maximum absolute atomic E-state index is 12.9. The second-order valence-electron chi connectivity index (χ2n) is 5.80. The fourth-order valence-corrected chi connectivity index (χ4v) is 2.87. The minimum absolute atomic E-state index is 0.271. The third-order valence-electron chi connectivity index (χ3n) is 4.23. The molecule has 0 heterocycles. The Morgan fingerprint density at radius 3 is 2.18 bits per heavy atom. The van der Waals surface area contributed by atoms with E-state index in [1.807, 2.05) is 0 Å². The maximum Gasteiger partial charge on any atom is 0.254 e. The van der Waals surface area contributed by atoms with Crippen LogP contribution in [0.3, 0.4) is 0 Å². The van der Waals surface area contributed by atoms with Crippen molar-refractivity contribution in [2.75, 3.05) is 0 Å². The van der Waals surface area contributed by atoms with Gasteiger partial charge in [-0.1, -0.05) is 37.8 Å². The average Bonchev–Trinajstić information content (AvgIpc) is 2.74. The summed E-state index contributed by atoms with van der Waals surface area (Å²) in [7, 11) is 0. The molecule has 6 heteroatoms. The zero-order chi connectivity index (χ0) is 16.2. The van der Waals surface area contributed by atoms with Gasteiger partial charge >= 0.3 is 0 Å². The van der Waals surface area contributed by atoms with Crippen molar-refractivity contribution in [3.8, 4) is 0 Å². The van der Waals surface area contributed by atoms with Crippen LogP contribution in [0.25, 0.3) is 0 Å². The monoisotopic (exact) mass is 308 g/mol. The molecule has 1 atom stereocenters. The van der Waals surface area contributed by atoms with Gasteiger partial charge in [-0.3, -0.25) is 9.59 Å². The highest BCUT2D eigenvalue weighted by atomic mass is 19.1. The fourth-order valence-electron chi connectivity index (χ4n) is 2.87. The van der Waals surface area contributed by atoms with Crippen LogP contribution in [0.4, 0.5) is 4.39 Å². The third-order valence-corrected chi connectivity index (χ3v) is 4.23. The first-order chi connectivity index (χ1) is 10.4. The largest absolute Gasteiger partial charge is 0.378 e. The first-order valence-corrected chi connectivity index (χ1v) is 7.50. The van der Waals surface area contributed by atoms with Crippen LogP contribution in [0.5, 0.6) is 0 Å². The third kappa shape index (κ3) is 3.62. The van der Waals surface area contributed by atoms with E-state index < -0.39 is 29.3 Å². The minimum Gasteiger partial charge on any atom is -0.378 e. The van der Waals surface area contributed by atoms with Crippen LogP contribution in [0.1, 0.15) is 50.2 Å². The van der Waals surface area contributed by atoms with Crippen molar-refractivity contribution in [3.05, 3.63) is 35.6 Å². The number of hydrogen-bond donors (Lipinski definition) is 3. The molecule has 120 valence electrons. The minimum atomic E-state index is -1.46. The van der Waals surface area contributed by atoms with Crippen molar-refractivity contribution in [3.63, 3.8) is 0 Å². The van der Waals surface area contributed by atoms with E-state index in [4.69, 9.17) is 5.73 Å². The first-order valence-electron chi connectivity index (χ1n) is 7.50. The molecule has 22 heavy (non-hydrogen) atoms. The zero-order valence-corrected chi connectivity index (χ0v) is 12.3. The van der Waals surface area contributed by atoms with Crippen molar-refractivity contribution in [1.29, 1.82) is 0 Å². The lowest BCUT2D eigenvalue weighted by Gasteiger charge is -2.31. The standard InChI is InChI=1S/C16H21FN2O3/c17-12-7-5-11(6-8-12)13(20)14(21)19-16(15(18)22)9-3-1-2-4-10-16/h5-8,13,20H,1-4,9-10H2,(H2,18,22)(H,19,21). The SMILES string of the molecule is NC(=O)C1(NC(=O)C(O)c2ccc(F)cc2)CCCCCC1. The molecule has 0 radical (unpaired) electrons. The number of hydrogen-bond acceptors (Lipinski definition) is 3. The summed E-state index contributed by atoms with van der Waals surface area (Å²) < 4.78 is 12.9. The molecule has 0 saturated heterocycles. The van der Waals surface area contributed by atoms with E-state index >= 15 is 0 Å². The summed E-state index contributed by atoms with van der Waals surface area (Å²) in [5.74, 6) is -1.71. The van der Waals surface area contributed by atoms with Crippen molar-refractivity contribution < 1.29 is 19.1 Å². The smallest absolute Gasteiger partial charge is 0.254 e. The number of aliphatic hydroxyl groups is 1. The number of carbonyl (C=O) groups excluding carboxylic acids is 2. The number of aliphatic hydroxyl groups excluding tert-OH is 1. The molecular weight excluding hydrogens is 287 g/mol. The van der Waals surface area contributed by atoms with E-state index in [-0.39, 0.29) is 5.56 Å². The molecule has 1 saturated carbocycles. The molecule has 2 amide bonds. The molecule has 5 nitrogen and oxygen atoms in total. The highest BCUT2D eigenvalue weighted by Crippen LogP contribution is 2.28. The number of nitrogens with one attached hydrogen (secondary N) is 1. The predicted octanol–water partition coefficient (Wildman–Crippen LogP) is 1.55. The van der Waals surface area contributed by atoms with Gasteiger partial charge in [-0.15, -0.1) is 0 Å². The molecule has 1 aliphatic carbocycles. The van der Waals surface area contributed by atoms with Crippen LogP contribution in [0.15, 0.2) is 24.3 Å². The lowest BCUT2D eigenvalue weighted by molar-refractivity contribution is -0.137. The lowest BCUT2D eigenvalue weighted by Crippen LogP contribution is -2.58. The van der Waals surface area contributed by atoms with Gasteiger partial charge in [0.05, 0.1) is 0 Å². The van der Waals surface area contributed by atoms with Crippen LogP contribution in [0.2, 0.25) is 0 Å². The molecule has 1 aromatic rings. The second kappa shape index (κ2) is 6.87. The van der Waals surface area contributed by atoms with Gasteiger partial charge < -0.3 is 16.2 Å². The summed E-state index contributed by atoms with van der Waals surface area (Å²) in [6, 6.07) is 5.01. The van der Waals surface area contributed by atoms with Gasteiger partial charge in [0.25, 0.3) is 5.91 Å². The van der Waals surface area contributed by atoms with Gasteiger partial charge in [-0.05, 0) is 30.5 Å². The molecule has 2 rings (SSSR count). The Kier molecular flexibility index (Phi) is 5.13. The van der Waals surface area contributed by atoms with Crippen LogP contribution in [-0.2, 0) is 9.59 Å². The van der Waals surface area contributed by atoms with Crippen LogP contribution in [-0.4, -0.2) is 22.5 Å². The number of primary amides is 1. The van der Waals surface area contributed by atoms with Crippen LogP contribution in [0, 0.1) is 5.82 Å². The molecule has 1 aliphatic rings. The molecule has 0 aromatic heterocycles. The van der Waals surface area contributed by atoms with E-state index in [1.165, 1.54) is 24.3 Å². The summed E-state index contributed by atoms with van der Waals surface area (Å²) in [6.45, 7) is 0. The first kappa shape index (κ1) is 16.4. The molecule has 4 N–H and O–H groups in total. The lowest BCUT2D eigenvalue weighted by atomic mass is 9.88. The Morgan fingerprint density at radius 2 is 1.68 bits per heavy atom. The van der Waals surface area contributed by atoms with E-state index in [9.17, 15) is 19.1 Å². The zero-order valence-electron chi connectivity index (χ0n) is 12.3. The number of rotatable bonds is 4. The molecule has 0 spiro atoms. The summed E-state index contributed by atoms with van der Waals surface area (Å²) in [4.78, 5) is 24.1. The highest BCUT2D eigenvalue weighted by Gasteiger charge is 2.39. The molecule has 0 aliphatic heterocycles. The Bertz CT molecular complexity index is 537. The van der Waals surface area contributed by atoms with Gasteiger partial charge in [-0.2, -0.15) is 0 Å². The number of benzene rings is 1. The van der Waals surface area contributed by atoms with Crippen LogP contribution < -0.4 is 11.1 Å². The molecule has 1 aromatic carbocycles. The predicted molar refractivity (Wildman–Crippen MR) is 79.1 cm³/mol. The van der Waals surface area contributed by atoms with Crippen molar-refractivity contribution in [1.82, 2.24) is 5.32 Å². The summed E-state index contributed by atoms with van der Waals surface area (Å²) in [5, 5.41) is 12.7. The van der Waals surface area contributed by atoms with Crippen molar-refractivity contribution in [2.24, 2.45) is 5.73 Å². The van der Waals surface area contributed by atoms with Gasteiger partial charge in [-0.25, -0.2) is 4.39 Å². The van der Waals surface area contributed by atoms with Crippen LogP contribution >= 0.6 is 0 Å². The molecule has 1 fully saturated rings. The average molecular weight is 308 g/mol. The number of nitrogens with two attached hydrogens (primary N) is 1. The maximum atomic E-state index is 12.9. The van der Waals surface area contributed by atoms with Gasteiger partial charge in [0.15, 0.2) is 6.10 Å². The van der Waals surface area contributed by atoms with E-state index in [2.05, 4.69) is 5.32 Å². The van der Waals surface area contributed by atoms with Gasteiger partial charge in [0, 0.05) is 0 Å². The quantitative estimate of drug-likeness (QED) is 0.737. The number of halogens is 1. The summed E-state index contributed by atoms with van der Waals surface area (Å²) >= 11 is 0. The topological polar surface area (TPSA) is 92.4 Å². The highest BCUT2D eigenvalue weighted by molar-refractivity contribution is 5.92. The second-order valence-corrected chi connectivity index (χ2v) is 5.80. The van der Waals surface area contributed by atoms with Gasteiger partial charge in [0.1, 0.15) is 11.4 Å². The number of carbonyl (C=O) groups is 2. The van der Waals surface area contributed by atoms with E-state index in [0.717, 1.165) is 25.7 Å². The van der Waals surface area contributed by atoms with Crippen molar-refractivity contribution >= 4 is 11.8 Å². The fraction of sp³-hybridized carbons (Fsp3) is 0.500. The molecular formula is C16H21FN2O3. The Morgan fingerprint density at radius 1 is 1.14 bits per heavy atom. The molecule has 1 unspecified atom stereocenters. The number of amides is 2. The van der Waals surface area contributed by atoms with Crippen molar-refractivity contribution in [2.45, 2.75) is 50.2 Å². The van der Waals surface area contributed by atoms with E-state index in [1.54, 1.807) is 0 Å².